The molecule has 3 heteroatoms. The Labute approximate surface area is 147 Å². The first-order valence-electron chi connectivity index (χ1n) is 8.08. The molecule has 0 fully saturated rings. The number of carbonyl (C=O) groups is 1. The van der Waals surface area contributed by atoms with Crippen LogP contribution in [0.25, 0.3) is 0 Å². The van der Waals surface area contributed by atoms with Gasteiger partial charge in [-0.2, -0.15) is 0 Å². The molecule has 0 atom stereocenters. The average molecular weight is 335 g/mol. The van der Waals surface area contributed by atoms with Crippen molar-refractivity contribution in [2.45, 2.75) is 18.8 Å². The van der Waals surface area contributed by atoms with E-state index >= 15 is 0 Å². The Bertz CT molecular complexity index is 727. The Morgan fingerprint density at radius 3 is 2.00 bits per heavy atom. The molecule has 2 nitrogen and oxygen atoms in total. The van der Waals surface area contributed by atoms with Gasteiger partial charge in [0.2, 0.25) is 5.91 Å². The quantitative estimate of drug-likeness (QED) is 0.710. The summed E-state index contributed by atoms with van der Waals surface area (Å²) in [4.78, 5) is 13.4. The van der Waals surface area contributed by atoms with Crippen molar-refractivity contribution in [3.8, 4) is 0 Å². The van der Waals surface area contributed by atoms with Gasteiger partial charge < -0.3 is 5.32 Å². The molecule has 1 amide bonds. The molecule has 3 aromatic rings. The van der Waals surface area contributed by atoms with Gasteiger partial charge in [-0.05, 0) is 29.5 Å². The maximum Gasteiger partial charge on any atom is 0.225 e. The second-order valence-corrected chi connectivity index (χ2v) is 7.13. The van der Waals surface area contributed by atoms with Gasteiger partial charge in [0.25, 0.3) is 0 Å². The van der Waals surface area contributed by atoms with Gasteiger partial charge in [0, 0.05) is 16.8 Å². The molecule has 0 aliphatic carbocycles. The molecule has 0 unspecified atom stereocenters. The number of hydrogen-bond acceptors (Lipinski definition) is 2. The third kappa shape index (κ3) is 3.74. The third-order valence-electron chi connectivity index (χ3n) is 4.38. The number of hydrogen-bond donors (Lipinski definition) is 1. The molecule has 0 spiro atoms. The SMILES string of the molecule is CC(CNC(=O)Cc1cccs1)(c1ccccc1)c1ccccc1. The van der Waals surface area contributed by atoms with Gasteiger partial charge in [0.1, 0.15) is 0 Å². The van der Waals surface area contributed by atoms with Gasteiger partial charge >= 0.3 is 0 Å². The van der Waals surface area contributed by atoms with Crippen LogP contribution in [0.4, 0.5) is 0 Å². The van der Waals surface area contributed by atoms with Crippen molar-refractivity contribution < 1.29 is 4.79 Å². The van der Waals surface area contributed by atoms with Gasteiger partial charge in [0.05, 0.1) is 6.42 Å². The molecule has 1 heterocycles. The van der Waals surface area contributed by atoms with E-state index in [1.165, 1.54) is 11.1 Å². The Balaban J connectivity index is 1.79. The highest BCUT2D eigenvalue weighted by atomic mass is 32.1. The lowest BCUT2D eigenvalue weighted by atomic mass is 9.76. The minimum Gasteiger partial charge on any atom is -0.355 e. The first kappa shape index (κ1) is 16.5. The summed E-state index contributed by atoms with van der Waals surface area (Å²) >= 11 is 1.62. The standard InChI is InChI=1S/C21H21NOS/c1-21(17-9-4-2-5-10-17,18-11-6-3-7-12-18)16-22-20(23)15-19-13-8-14-24-19/h2-14H,15-16H2,1H3,(H,22,23). The van der Waals surface area contributed by atoms with Gasteiger partial charge in [-0.25, -0.2) is 0 Å². The molecule has 122 valence electrons. The molecule has 0 radical (unpaired) electrons. The van der Waals surface area contributed by atoms with E-state index < -0.39 is 0 Å². The van der Waals surface area contributed by atoms with Crippen LogP contribution in [0.5, 0.6) is 0 Å². The van der Waals surface area contributed by atoms with Gasteiger partial charge in [-0.3, -0.25) is 4.79 Å². The summed E-state index contributed by atoms with van der Waals surface area (Å²) in [5.74, 6) is 0.0653. The highest BCUT2D eigenvalue weighted by Crippen LogP contribution is 2.31. The lowest BCUT2D eigenvalue weighted by Crippen LogP contribution is -2.40. The van der Waals surface area contributed by atoms with Crippen LogP contribution in [-0.2, 0) is 16.6 Å². The van der Waals surface area contributed by atoms with Crippen LogP contribution in [0.2, 0.25) is 0 Å². The second-order valence-electron chi connectivity index (χ2n) is 6.10. The minimum atomic E-state index is -0.256. The number of nitrogens with one attached hydrogen (secondary N) is 1. The molecule has 24 heavy (non-hydrogen) atoms. The highest BCUT2D eigenvalue weighted by Gasteiger charge is 2.29. The van der Waals surface area contributed by atoms with Crippen molar-refractivity contribution in [2.24, 2.45) is 0 Å². The van der Waals surface area contributed by atoms with E-state index in [1.54, 1.807) is 11.3 Å². The lowest BCUT2D eigenvalue weighted by Gasteiger charge is -2.31. The molecular formula is C21H21NOS. The summed E-state index contributed by atoms with van der Waals surface area (Å²) in [5, 5.41) is 5.13. The monoisotopic (exact) mass is 335 g/mol. The van der Waals surface area contributed by atoms with Gasteiger partial charge in [-0.1, -0.05) is 66.7 Å². The van der Waals surface area contributed by atoms with Crippen molar-refractivity contribution in [1.29, 1.82) is 0 Å². The first-order chi connectivity index (χ1) is 11.7. The lowest BCUT2D eigenvalue weighted by molar-refractivity contribution is -0.120. The summed E-state index contributed by atoms with van der Waals surface area (Å²) < 4.78 is 0. The number of thiophene rings is 1. The zero-order valence-electron chi connectivity index (χ0n) is 13.7. The van der Waals surface area contributed by atoms with Gasteiger partial charge in [-0.15, -0.1) is 11.3 Å². The molecule has 0 saturated carbocycles. The maximum absolute atomic E-state index is 12.3. The molecule has 0 saturated heterocycles. The van der Waals surface area contributed by atoms with E-state index in [1.807, 2.05) is 53.9 Å². The Kier molecular flexibility index (Phi) is 5.11. The van der Waals surface area contributed by atoms with Crippen molar-refractivity contribution in [3.05, 3.63) is 94.2 Å². The summed E-state index contributed by atoms with van der Waals surface area (Å²) in [6.45, 7) is 2.76. The molecule has 0 bridgehead atoms. The maximum atomic E-state index is 12.3. The molecule has 1 N–H and O–H groups in total. The number of carbonyl (C=O) groups excluding carboxylic acids is 1. The van der Waals surface area contributed by atoms with Crippen LogP contribution in [0.1, 0.15) is 22.9 Å². The van der Waals surface area contributed by atoms with E-state index in [0.29, 0.717) is 13.0 Å². The molecule has 2 aromatic carbocycles. The highest BCUT2D eigenvalue weighted by molar-refractivity contribution is 7.10. The Morgan fingerprint density at radius 1 is 0.917 bits per heavy atom. The normalized spacial score (nSPS) is 11.2. The predicted molar refractivity (Wildman–Crippen MR) is 100 cm³/mol. The molecule has 0 aliphatic heterocycles. The Morgan fingerprint density at radius 2 is 1.50 bits per heavy atom. The van der Waals surface area contributed by atoms with Crippen LogP contribution < -0.4 is 5.32 Å². The smallest absolute Gasteiger partial charge is 0.225 e. The predicted octanol–water partition coefficient (Wildman–Crippen LogP) is 4.41. The molecule has 3 rings (SSSR count). The van der Waals surface area contributed by atoms with Crippen molar-refractivity contribution in [3.63, 3.8) is 0 Å². The summed E-state index contributed by atoms with van der Waals surface area (Å²) in [7, 11) is 0. The van der Waals surface area contributed by atoms with E-state index in [2.05, 4.69) is 36.5 Å². The van der Waals surface area contributed by atoms with E-state index in [4.69, 9.17) is 0 Å². The topological polar surface area (TPSA) is 29.1 Å². The summed E-state index contributed by atoms with van der Waals surface area (Å²) in [6, 6.07) is 24.7. The summed E-state index contributed by atoms with van der Waals surface area (Å²) in [6.07, 6.45) is 0.442. The van der Waals surface area contributed by atoms with Gasteiger partial charge in [0.15, 0.2) is 0 Å². The van der Waals surface area contributed by atoms with Crippen molar-refractivity contribution in [2.75, 3.05) is 6.54 Å². The van der Waals surface area contributed by atoms with Crippen molar-refractivity contribution in [1.82, 2.24) is 5.32 Å². The van der Waals surface area contributed by atoms with E-state index in [0.717, 1.165) is 4.88 Å². The Hall–Kier alpha value is -2.39. The third-order valence-corrected chi connectivity index (χ3v) is 5.25. The zero-order valence-corrected chi connectivity index (χ0v) is 14.6. The molecule has 0 aliphatic rings. The molecular weight excluding hydrogens is 314 g/mol. The van der Waals surface area contributed by atoms with Crippen LogP contribution in [-0.4, -0.2) is 12.5 Å². The zero-order chi connectivity index (χ0) is 16.8. The van der Waals surface area contributed by atoms with Crippen LogP contribution in [0.15, 0.2) is 78.2 Å². The van der Waals surface area contributed by atoms with Crippen LogP contribution in [0.3, 0.4) is 0 Å². The number of benzene rings is 2. The van der Waals surface area contributed by atoms with Crippen molar-refractivity contribution >= 4 is 17.2 Å². The van der Waals surface area contributed by atoms with Crippen LogP contribution >= 0.6 is 11.3 Å². The van der Waals surface area contributed by atoms with Crippen LogP contribution in [0, 0.1) is 0 Å². The minimum absolute atomic E-state index is 0.0653. The first-order valence-corrected chi connectivity index (χ1v) is 8.96. The fourth-order valence-corrected chi connectivity index (χ4v) is 3.60. The number of amides is 1. The largest absolute Gasteiger partial charge is 0.355 e. The number of rotatable bonds is 6. The molecule has 1 aromatic heterocycles. The van der Waals surface area contributed by atoms with E-state index in [-0.39, 0.29) is 11.3 Å². The fourth-order valence-electron chi connectivity index (χ4n) is 2.89. The second kappa shape index (κ2) is 7.45. The van der Waals surface area contributed by atoms with E-state index in [9.17, 15) is 4.79 Å². The fraction of sp³-hybridized carbons (Fsp3) is 0.190. The summed E-state index contributed by atoms with van der Waals surface area (Å²) in [5.41, 5.74) is 2.15. The average Bonchev–Trinajstić information content (AvgIpc) is 3.14.